The van der Waals surface area contributed by atoms with Gasteiger partial charge in [0.15, 0.2) is 0 Å². The standard InChI is InChI=1S/C23H29NO3/c1-26-15-16-27-18-20-11-13-24(14-12-20)23(25)17-19-7-9-22(10-8-19)21-5-3-2-4-6-21/h2-10,20H,11-18H2,1H3. The molecule has 0 spiro atoms. The Labute approximate surface area is 162 Å². The van der Waals surface area contributed by atoms with Crippen LogP contribution in [0.4, 0.5) is 0 Å². The highest BCUT2D eigenvalue weighted by Gasteiger charge is 2.22. The second-order valence-electron chi connectivity index (χ2n) is 7.13. The van der Waals surface area contributed by atoms with Crippen molar-refractivity contribution in [1.29, 1.82) is 0 Å². The molecule has 1 saturated heterocycles. The second kappa shape index (κ2) is 10.2. The van der Waals surface area contributed by atoms with Gasteiger partial charge >= 0.3 is 0 Å². The molecular weight excluding hydrogens is 338 g/mol. The molecule has 0 unspecified atom stereocenters. The first-order valence-corrected chi connectivity index (χ1v) is 9.75. The molecule has 0 N–H and O–H groups in total. The molecule has 3 rings (SSSR count). The summed E-state index contributed by atoms with van der Waals surface area (Å²) < 4.78 is 10.6. The Morgan fingerprint density at radius 2 is 1.63 bits per heavy atom. The number of benzene rings is 2. The average Bonchev–Trinajstić information content (AvgIpc) is 2.73. The van der Waals surface area contributed by atoms with Gasteiger partial charge in [0.25, 0.3) is 0 Å². The van der Waals surface area contributed by atoms with Gasteiger partial charge in [-0.3, -0.25) is 4.79 Å². The van der Waals surface area contributed by atoms with Crippen LogP contribution in [0.1, 0.15) is 18.4 Å². The minimum atomic E-state index is 0.223. The van der Waals surface area contributed by atoms with Crippen LogP contribution in [0.25, 0.3) is 11.1 Å². The topological polar surface area (TPSA) is 38.8 Å². The Hall–Kier alpha value is -2.17. The third kappa shape index (κ3) is 5.91. The molecule has 0 saturated carbocycles. The smallest absolute Gasteiger partial charge is 0.226 e. The highest BCUT2D eigenvalue weighted by atomic mass is 16.5. The lowest BCUT2D eigenvalue weighted by Crippen LogP contribution is -2.40. The maximum Gasteiger partial charge on any atom is 0.226 e. The van der Waals surface area contributed by atoms with Crippen LogP contribution in [0.5, 0.6) is 0 Å². The first kappa shape index (κ1) is 19.6. The highest BCUT2D eigenvalue weighted by Crippen LogP contribution is 2.21. The van der Waals surface area contributed by atoms with E-state index in [0.29, 0.717) is 25.6 Å². The summed E-state index contributed by atoms with van der Waals surface area (Å²) in [5, 5.41) is 0. The molecular formula is C23H29NO3. The van der Waals surface area contributed by atoms with Gasteiger partial charge in [0.1, 0.15) is 0 Å². The average molecular weight is 367 g/mol. The van der Waals surface area contributed by atoms with Crippen LogP contribution in [-0.2, 0) is 20.7 Å². The van der Waals surface area contributed by atoms with E-state index in [1.807, 2.05) is 23.1 Å². The summed E-state index contributed by atoms with van der Waals surface area (Å²) in [6.07, 6.45) is 2.52. The van der Waals surface area contributed by atoms with E-state index in [1.165, 1.54) is 11.1 Å². The predicted octanol–water partition coefficient (Wildman–Crippen LogP) is 3.80. The Morgan fingerprint density at radius 3 is 2.30 bits per heavy atom. The van der Waals surface area contributed by atoms with Gasteiger partial charge in [0.05, 0.1) is 19.6 Å². The normalized spacial score (nSPS) is 15.1. The summed E-state index contributed by atoms with van der Waals surface area (Å²) in [5.74, 6) is 0.775. The van der Waals surface area contributed by atoms with Gasteiger partial charge in [-0.1, -0.05) is 54.6 Å². The van der Waals surface area contributed by atoms with Crippen LogP contribution < -0.4 is 0 Å². The monoisotopic (exact) mass is 367 g/mol. The maximum atomic E-state index is 12.6. The van der Waals surface area contributed by atoms with Crippen LogP contribution >= 0.6 is 0 Å². The van der Waals surface area contributed by atoms with E-state index in [9.17, 15) is 4.79 Å². The van der Waals surface area contributed by atoms with E-state index in [-0.39, 0.29) is 5.91 Å². The molecule has 4 nitrogen and oxygen atoms in total. The lowest BCUT2D eigenvalue weighted by molar-refractivity contribution is -0.132. The molecule has 0 aromatic heterocycles. The molecule has 1 fully saturated rings. The van der Waals surface area contributed by atoms with Crippen molar-refractivity contribution in [3.8, 4) is 11.1 Å². The van der Waals surface area contributed by atoms with Crippen molar-refractivity contribution in [2.45, 2.75) is 19.3 Å². The first-order valence-electron chi connectivity index (χ1n) is 9.75. The molecule has 144 valence electrons. The number of methoxy groups -OCH3 is 1. The molecule has 27 heavy (non-hydrogen) atoms. The molecule has 0 radical (unpaired) electrons. The van der Waals surface area contributed by atoms with Gasteiger partial charge in [-0.25, -0.2) is 0 Å². The van der Waals surface area contributed by atoms with Gasteiger partial charge in [0.2, 0.25) is 5.91 Å². The summed E-state index contributed by atoms with van der Waals surface area (Å²) in [4.78, 5) is 14.6. The van der Waals surface area contributed by atoms with Gasteiger partial charge in [-0.15, -0.1) is 0 Å². The fourth-order valence-electron chi connectivity index (χ4n) is 3.47. The summed E-state index contributed by atoms with van der Waals surface area (Å²) in [6.45, 7) is 3.72. The number of likely N-dealkylation sites (tertiary alicyclic amines) is 1. The number of nitrogens with zero attached hydrogens (tertiary/aromatic N) is 1. The van der Waals surface area contributed by atoms with E-state index in [4.69, 9.17) is 9.47 Å². The summed E-state index contributed by atoms with van der Waals surface area (Å²) >= 11 is 0. The molecule has 2 aromatic carbocycles. The van der Waals surface area contributed by atoms with E-state index in [1.54, 1.807) is 7.11 Å². The zero-order valence-corrected chi connectivity index (χ0v) is 16.1. The first-order chi connectivity index (χ1) is 13.3. The third-order valence-corrected chi connectivity index (χ3v) is 5.17. The van der Waals surface area contributed by atoms with Crippen molar-refractivity contribution >= 4 is 5.91 Å². The number of rotatable bonds is 8. The third-order valence-electron chi connectivity index (χ3n) is 5.17. The largest absolute Gasteiger partial charge is 0.382 e. The number of piperidine rings is 1. The van der Waals surface area contributed by atoms with E-state index < -0.39 is 0 Å². The van der Waals surface area contributed by atoms with Crippen molar-refractivity contribution in [1.82, 2.24) is 4.90 Å². The zero-order valence-electron chi connectivity index (χ0n) is 16.1. The number of ether oxygens (including phenoxy) is 2. The van der Waals surface area contributed by atoms with E-state index in [2.05, 4.69) is 36.4 Å². The van der Waals surface area contributed by atoms with Crippen LogP contribution in [0.3, 0.4) is 0 Å². The van der Waals surface area contributed by atoms with Gasteiger partial charge in [-0.2, -0.15) is 0 Å². The maximum absolute atomic E-state index is 12.6. The van der Waals surface area contributed by atoms with Gasteiger partial charge < -0.3 is 14.4 Å². The Kier molecular flexibility index (Phi) is 7.43. The zero-order chi connectivity index (χ0) is 18.9. The fraction of sp³-hybridized carbons (Fsp3) is 0.435. The highest BCUT2D eigenvalue weighted by molar-refractivity contribution is 5.79. The predicted molar refractivity (Wildman–Crippen MR) is 108 cm³/mol. The lowest BCUT2D eigenvalue weighted by atomic mass is 9.97. The quantitative estimate of drug-likeness (QED) is 0.666. The SMILES string of the molecule is COCCOCC1CCN(C(=O)Cc2ccc(-c3ccccc3)cc2)CC1. The Morgan fingerprint density at radius 1 is 0.963 bits per heavy atom. The number of carbonyl (C=O) groups is 1. The molecule has 0 bridgehead atoms. The molecule has 1 heterocycles. The van der Waals surface area contributed by atoms with E-state index in [0.717, 1.165) is 38.1 Å². The minimum Gasteiger partial charge on any atom is -0.382 e. The van der Waals surface area contributed by atoms with Crippen molar-refractivity contribution in [3.05, 3.63) is 60.2 Å². The minimum absolute atomic E-state index is 0.223. The summed E-state index contributed by atoms with van der Waals surface area (Å²) in [5.41, 5.74) is 3.45. The Bertz CT molecular complexity index is 691. The van der Waals surface area contributed by atoms with Crippen molar-refractivity contribution in [2.24, 2.45) is 5.92 Å². The van der Waals surface area contributed by atoms with Crippen LogP contribution in [-0.4, -0.2) is 50.8 Å². The molecule has 0 aliphatic carbocycles. The summed E-state index contributed by atoms with van der Waals surface area (Å²) in [6, 6.07) is 18.6. The van der Waals surface area contributed by atoms with Crippen molar-refractivity contribution in [3.63, 3.8) is 0 Å². The Balaban J connectivity index is 1.44. The molecule has 2 aromatic rings. The molecule has 1 amide bonds. The fourth-order valence-corrected chi connectivity index (χ4v) is 3.47. The molecule has 1 aliphatic heterocycles. The number of carbonyl (C=O) groups excluding carboxylic acids is 1. The van der Waals surface area contributed by atoms with Crippen LogP contribution in [0, 0.1) is 5.92 Å². The lowest BCUT2D eigenvalue weighted by Gasteiger charge is -2.32. The molecule has 0 atom stereocenters. The van der Waals surface area contributed by atoms with Crippen molar-refractivity contribution in [2.75, 3.05) is 40.0 Å². The van der Waals surface area contributed by atoms with Gasteiger partial charge in [-0.05, 0) is 35.4 Å². The van der Waals surface area contributed by atoms with E-state index >= 15 is 0 Å². The van der Waals surface area contributed by atoms with Crippen LogP contribution in [0.2, 0.25) is 0 Å². The number of hydrogen-bond acceptors (Lipinski definition) is 3. The van der Waals surface area contributed by atoms with Gasteiger partial charge in [0, 0.05) is 26.8 Å². The molecule has 1 aliphatic rings. The number of hydrogen-bond donors (Lipinski definition) is 0. The second-order valence-corrected chi connectivity index (χ2v) is 7.13. The summed E-state index contributed by atoms with van der Waals surface area (Å²) in [7, 11) is 1.68. The van der Waals surface area contributed by atoms with Crippen LogP contribution in [0.15, 0.2) is 54.6 Å². The number of amides is 1. The van der Waals surface area contributed by atoms with Crippen molar-refractivity contribution < 1.29 is 14.3 Å². The molecule has 4 heteroatoms.